The Hall–Kier alpha value is -3.22. The molecule has 0 unspecified atom stereocenters. The zero-order chi connectivity index (χ0) is 17.9. The summed E-state index contributed by atoms with van der Waals surface area (Å²) in [6.07, 6.45) is 0. The van der Waals surface area contributed by atoms with Gasteiger partial charge < -0.3 is 10.1 Å². The molecule has 1 amide bonds. The molecule has 2 aromatic rings. The average Bonchev–Trinajstić information content (AvgIpc) is 2.53. The topological polar surface area (TPSA) is 98.5 Å². The Labute approximate surface area is 138 Å². The van der Waals surface area contributed by atoms with Gasteiger partial charge >= 0.3 is 0 Å². The van der Waals surface area contributed by atoms with E-state index in [9.17, 15) is 19.7 Å². The van der Waals surface area contributed by atoms with Crippen LogP contribution in [0, 0.1) is 17.0 Å². The van der Waals surface area contributed by atoms with Gasteiger partial charge in [-0.05, 0) is 37.6 Å². The van der Waals surface area contributed by atoms with Crippen LogP contribution >= 0.6 is 0 Å². The fourth-order valence-electron chi connectivity index (χ4n) is 2.41. The van der Waals surface area contributed by atoms with E-state index in [0.29, 0.717) is 22.6 Å². The molecule has 0 aliphatic rings. The second-order valence-corrected chi connectivity index (χ2v) is 5.15. The maximum absolute atomic E-state index is 12.5. The Morgan fingerprint density at radius 3 is 2.50 bits per heavy atom. The normalized spacial score (nSPS) is 10.1. The number of benzene rings is 2. The molecule has 0 atom stereocenters. The van der Waals surface area contributed by atoms with Crippen LogP contribution in [0.2, 0.25) is 0 Å². The lowest BCUT2D eigenvalue weighted by Gasteiger charge is -2.12. The molecule has 7 nitrogen and oxygen atoms in total. The number of anilines is 1. The monoisotopic (exact) mass is 328 g/mol. The number of ketones is 1. The van der Waals surface area contributed by atoms with Crippen LogP contribution in [0.15, 0.2) is 36.4 Å². The van der Waals surface area contributed by atoms with Gasteiger partial charge in [-0.25, -0.2) is 0 Å². The Balaban J connectivity index is 2.46. The highest BCUT2D eigenvalue weighted by molar-refractivity contribution is 6.11. The number of nitrogens with one attached hydrogen (secondary N) is 1. The van der Waals surface area contributed by atoms with Crippen LogP contribution in [0.25, 0.3) is 0 Å². The van der Waals surface area contributed by atoms with E-state index in [-0.39, 0.29) is 17.0 Å². The number of aryl methyl sites for hydroxylation is 1. The average molecular weight is 328 g/mol. The summed E-state index contributed by atoms with van der Waals surface area (Å²) >= 11 is 0. The van der Waals surface area contributed by atoms with Crippen molar-refractivity contribution in [2.24, 2.45) is 0 Å². The van der Waals surface area contributed by atoms with Crippen molar-refractivity contribution in [1.29, 1.82) is 0 Å². The summed E-state index contributed by atoms with van der Waals surface area (Å²) in [5.41, 5.74) is 0.905. The number of nitro benzene ring substituents is 1. The number of methoxy groups -OCH3 is 1. The maximum Gasteiger partial charge on any atom is 0.282 e. The van der Waals surface area contributed by atoms with E-state index >= 15 is 0 Å². The van der Waals surface area contributed by atoms with Crippen molar-refractivity contribution in [2.75, 3.05) is 12.4 Å². The highest BCUT2D eigenvalue weighted by Gasteiger charge is 2.22. The summed E-state index contributed by atoms with van der Waals surface area (Å²) in [5, 5.41) is 13.7. The lowest BCUT2D eigenvalue weighted by atomic mass is 10.0. The molecule has 0 aliphatic heterocycles. The standard InChI is InChI=1S/C17H16N2O5/c1-10-5-4-6-14(16(10)11(2)20)18-17(21)13-9-12(24-3)7-8-15(13)19(22)23/h4-9H,1-3H3,(H,18,21). The van der Waals surface area contributed by atoms with Crippen LogP contribution in [-0.2, 0) is 0 Å². The summed E-state index contributed by atoms with van der Waals surface area (Å²) in [4.78, 5) is 34.8. The molecule has 0 aromatic heterocycles. The van der Waals surface area contributed by atoms with Crippen molar-refractivity contribution < 1.29 is 19.2 Å². The first-order valence-electron chi connectivity index (χ1n) is 7.09. The first-order chi connectivity index (χ1) is 11.3. The van der Waals surface area contributed by atoms with Gasteiger partial charge in [-0.1, -0.05) is 12.1 Å². The molecular weight excluding hydrogens is 312 g/mol. The molecule has 7 heteroatoms. The van der Waals surface area contributed by atoms with Crippen LogP contribution in [0.1, 0.15) is 33.2 Å². The van der Waals surface area contributed by atoms with Gasteiger partial charge in [-0.2, -0.15) is 0 Å². The summed E-state index contributed by atoms with van der Waals surface area (Å²) in [6.45, 7) is 3.15. The number of hydrogen-bond acceptors (Lipinski definition) is 5. The molecule has 2 aromatic carbocycles. The number of Topliss-reactive ketones (excluding diaryl/α,β-unsaturated/α-hetero) is 1. The molecule has 0 saturated carbocycles. The van der Waals surface area contributed by atoms with Crippen LogP contribution in [0.3, 0.4) is 0 Å². The van der Waals surface area contributed by atoms with E-state index < -0.39 is 10.8 Å². The minimum Gasteiger partial charge on any atom is -0.497 e. The van der Waals surface area contributed by atoms with E-state index in [4.69, 9.17) is 4.74 Å². The molecule has 0 aliphatic carbocycles. The summed E-state index contributed by atoms with van der Waals surface area (Å²) in [5.74, 6) is -0.570. The van der Waals surface area contributed by atoms with Crippen molar-refractivity contribution >= 4 is 23.1 Å². The van der Waals surface area contributed by atoms with Gasteiger partial charge in [0.15, 0.2) is 5.78 Å². The molecular formula is C17H16N2O5. The number of hydrogen-bond donors (Lipinski definition) is 1. The predicted molar refractivity (Wildman–Crippen MR) is 88.8 cm³/mol. The Morgan fingerprint density at radius 2 is 1.92 bits per heavy atom. The quantitative estimate of drug-likeness (QED) is 0.515. The number of carbonyl (C=O) groups is 2. The number of nitrogens with zero attached hydrogens (tertiary/aromatic N) is 1. The molecule has 0 saturated heterocycles. The molecule has 0 heterocycles. The second kappa shape index (κ2) is 6.91. The fraction of sp³-hybridized carbons (Fsp3) is 0.176. The van der Waals surface area contributed by atoms with E-state index in [0.717, 1.165) is 0 Å². The smallest absolute Gasteiger partial charge is 0.282 e. The molecule has 0 bridgehead atoms. The zero-order valence-corrected chi connectivity index (χ0v) is 13.5. The SMILES string of the molecule is COc1ccc([N+](=O)[O-])c(C(=O)Nc2cccc(C)c2C(C)=O)c1. The van der Waals surface area contributed by atoms with Crippen LogP contribution in [0.5, 0.6) is 5.75 Å². The van der Waals surface area contributed by atoms with Gasteiger partial charge in [0.25, 0.3) is 11.6 Å². The van der Waals surface area contributed by atoms with E-state index in [2.05, 4.69) is 5.32 Å². The van der Waals surface area contributed by atoms with Gasteiger partial charge in [-0.15, -0.1) is 0 Å². The summed E-state index contributed by atoms with van der Waals surface area (Å²) in [7, 11) is 1.40. The van der Waals surface area contributed by atoms with Crippen molar-refractivity contribution in [3.05, 3.63) is 63.2 Å². The third-order valence-corrected chi connectivity index (χ3v) is 3.52. The van der Waals surface area contributed by atoms with Crippen molar-refractivity contribution in [3.63, 3.8) is 0 Å². The van der Waals surface area contributed by atoms with Crippen LogP contribution in [-0.4, -0.2) is 23.7 Å². The molecule has 0 radical (unpaired) electrons. The fourth-order valence-corrected chi connectivity index (χ4v) is 2.41. The van der Waals surface area contributed by atoms with Gasteiger partial charge in [0.05, 0.1) is 17.7 Å². The Morgan fingerprint density at radius 1 is 1.21 bits per heavy atom. The third-order valence-electron chi connectivity index (χ3n) is 3.52. The molecule has 24 heavy (non-hydrogen) atoms. The van der Waals surface area contributed by atoms with Crippen molar-refractivity contribution in [3.8, 4) is 5.75 Å². The second-order valence-electron chi connectivity index (χ2n) is 5.15. The largest absolute Gasteiger partial charge is 0.497 e. The maximum atomic E-state index is 12.5. The lowest BCUT2D eigenvalue weighted by Crippen LogP contribution is -2.16. The molecule has 1 N–H and O–H groups in total. The highest BCUT2D eigenvalue weighted by Crippen LogP contribution is 2.26. The van der Waals surface area contributed by atoms with Crippen molar-refractivity contribution in [1.82, 2.24) is 0 Å². The third kappa shape index (κ3) is 3.40. The number of ether oxygens (including phenoxy) is 1. The summed E-state index contributed by atoms with van der Waals surface area (Å²) in [6, 6.07) is 8.92. The Kier molecular flexibility index (Phi) is 4.93. The van der Waals surface area contributed by atoms with E-state index in [1.807, 2.05) is 0 Å². The first kappa shape index (κ1) is 17.1. The van der Waals surface area contributed by atoms with Crippen molar-refractivity contribution in [2.45, 2.75) is 13.8 Å². The number of nitro groups is 1. The van der Waals surface area contributed by atoms with Gasteiger partial charge in [-0.3, -0.25) is 19.7 Å². The number of rotatable bonds is 5. The zero-order valence-electron chi connectivity index (χ0n) is 13.5. The highest BCUT2D eigenvalue weighted by atomic mass is 16.6. The van der Waals surface area contributed by atoms with Gasteiger partial charge in [0.2, 0.25) is 0 Å². The minimum absolute atomic E-state index is 0.143. The van der Waals surface area contributed by atoms with Crippen LogP contribution in [0.4, 0.5) is 11.4 Å². The number of amides is 1. The van der Waals surface area contributed by atoms with E-state index in [1.54, 1.807) is 25.1 Å². The van der Waals surface area contributed by atoms with Gasteiger partial charge in [0, 0.05) is 11.6 Å². The molecule has 2 rings (SSSR count). The van der Waals surface area contributed by atoms with Gasteiger partial charge in [0.1, 0.15) is 11.3 Å². The first-order valence-corrected chi connectivity index (χ1v) is 7.09. The summed E-state index contributed by atoms with van der Waals surface area (Å²) < 4.78 is 5.01. The molecule has 124 valence electrons. The van der Waals surface area contributed by atoms with Crippen LogP contribution < -0.4 is 10.1 Å². The number of carbonyl (C=O) groups excluding carboxylic acids is 2. The minimum atomic E-state index is -0.686. The molecule has 0 fully saturated rings. The van der Waals surface area contributed by atoms with E-state index in [1.165, 1.54) is 32.2 Å². The predicted octanol–water partition coefficient (Wildman–Crippen LogP) is 3.37. The Bertz CT molecular complexity index is 830. The molecule has 0 spiro atoms. The lowest BCUT2D eigenvalue weighted by molar-refractivity contribution is -0.385.